The lowest BCUT2D eigenvalue weighted by Gasteiger charge is -2.37. The molecule has 134 valence electrons. The third kappa shape index (κ3) is 3.64. The van der Waals surface area contributed by atoms with Crippen molar-refractivity contribution in [2.24, 2.45) is 0 Å². The standard InChI is InChI=1S/C21H25F2NO/c1-5-20(25)21(14-15(2)24(3)4,16-10-6-8-12-18(16)22)17-11-7-9-13-19(17)23/h6-13,15H,5,14H2,1-4H3/t15-/m0/s1. The SMILES string of the molecule is CCC(=O)C(C[C@H](C)N(C)C)(c1ccccc1F)c1ccccc1F. The minimum absolute atomic E-state index is 0.0466. The maximum absolute atomic E-state index is 14.8. The van der Waals surface area contributed by atoms with Crippen molar-refractivity contribution in [1.82, 2.24) is 4.90 Å². The number of halogens is 2. The minimum Gasteiger partial charge on any atom is -0.307 e. The quantitative estimate of drug-likeness (QED) is 0.733. The number of hydrogen-bond donors (Lipinski definition) is 0. The summed E-state index contributed by atoms with van der Waals surface area (Å²) in [4.78, 5) is 15.1. The summed E-state index contributed by atoms with van der Waals surface area (Å²) in [5.74, 6) is -1.16. The van der Waals surface area contributed by atoms with E-state index in [-0.39, 0.29) is 29.4 Å². The van der Waals surface area contributed by atoms with Gasteiger partial charge >= 0.3 is 0 Å². The summed E-state index contributed by atoms with van der Waals surface area (Å²) in [6.45, 7) is 3.69. The van der Waals surface area contributed by atoms with Crippen LogP contribution in [0.25, 0.3) is 0 Å². The zero-order valence-corrected chi connectivity index (χ0v) is 15.2. The van der Waals surface area contributed by atoms with Crippen molar-refractivity contribution in [2.45, 2.75) is 38.1 Å². The van der Waals surface area contributed by atoms with Crippen molar-refractivity contribution in [2.75, 3.05) is 14.1 Å². The van der Waals surface area contributed by atoms with Crippen molar-refractivity contribution in [3.05, 3.63) is 71.3 Å². The van der Waals surface area contributed by atoms with Crippen molar-refractivity contribution >= 4 is 5.78 Å². The number of hydrogen-bond acceptors (Lipinski definition) is 2. The summed E-state index contributed by atoms with van der Waals surface area (Å²) in [6.07, 6.45) is 0.497. The van der Waals surface area contributed by atoms with Crippen molar-refractivity contribution in [3.63, 3.8) is 0 Å². The minimum atomic E-state index is -1.35. The van der Waals surface area contributed by atoms with Crippen LogP contribution in [0.2, 0.25) is 0 Å². The molecule has 25 heavy (non-hydrogen) atoms. The monoisotopic (exact) mass is 345 g/mol. The van der Waals surface area contributed by atoms with Gasteiger partial charge in [-0.05, 0) is 39.6 Å². The molecule has 0 aromatic heterocycles. The molecule has 0 aliphatic heterocycles. The third-order valence-corrected chi connectivity index (χ3v) is 4.95. The van der Waals surface area contributed by atoms with Crippen LogP contribution in [0.3, 0.4) is 0 Å². The Morgan fingerprint density at radius 1 is 1.00 bits per heavy atom. The van der Waals surface area contributed by atoms with E-state index in [1.807, 2.05) is 25.9 Å². The number of benzene rings is 2. The van der Waals surface area contributed by atoms with Gasteiger partial charge in [0.1, 0.15) is 17.4 Å². The molecule has 0 aliphatic carbocycles. The van der Waals surface area contributed by atoms with E-state index in [9.17, 15) is 13.6 Å². The number of nitrogens with zero attached hydrogens (tertiary/aromatic N) is 1. The molecule has 0 saturated carbocycles. The number of ketones is 1. The first-order valence-corrected chi connectivity index (χ1v) is 8.54. The van der Waals surface area contributed by atoms with Crippen LogP contribution in [0.5, 0.6) is 0 Å². The van der Waals surface area contributed by atoms with E-state index in [2.05, 4.69) is 0 Å². The van der Waals surface area contributed by atoms with Gasteiger partial charge < -0.3 is 4.90 Å². The molecule has 0 saturated heterocycles. The molecule has 0 N–H and O–H groups in total. The summed E-state index contributed by atoms with van der Waals surface area (Å²) in [6, 6.07) is 12.3. The molecule has 2 aromatic carbocycles. The topological polar surface area (TPSA) is 20.3 Å². The third-order valence-electron chi connectivity index (χ3n) is 4.95. The van der Waals surface area contributed by atoms with Crippen LogP contribution >= 0.6 is 0 Å². The molecule has 0 unspecified atom stereocenters. The highest BCUT2D eigenvalue weighted by atomic mass is 19.1. The maximum Gasteiger partial charge on any atom is 0.147 e. The second-order valence-electron chi connectivity index (χ2n) is 6.66. The van der Waals surface area contributed by atoms with Gasteiger partial charge in [-0.2, -0.15) is 0 Å². The Morgan fingerprint density at radius 2 is 1.44 bits per heavy atom. The molecule has 2 aromatic rings. The Hall–Kier alpha value is -2.07. The average molecular weight is 345 g/mol. The lowest BCUT2D eigenvalue weighted by Crippen LogP contribution is -2.44. The molecule has 0 fully saturated rings. The van der Waals surface area contributed by atoms with Gasteiger partial charge in [0, 0.05) is 23.6 Å². The highest BCUT2D eigenvalue weighted by Gasteiger charge is 2.45. The lowest BCUT2D eigenvalue weighted by atomic mass is 9.66. The van der Waals surface area contributed by atoms with E-state index in [0.717, 1.165) is 0 Å². The largest absolute Gasteiger partial charge is 0.307 e. The Labute approximate surface area is 148 Å². The smallest absolute Gasteiger partial charge is 0.147 e. The van der Waals surface area contributed by atoms with Gasteiger partial charge in [-0.25, -0.2) is 8.78 Å². The highest BCUT2D eigenvalue weighted by Crippen LogP contribution is 2.41. The van der Waals surface area contributed by atoms with E-state index in [4.69, 9.17) is 0 Å². The Kier molecular flexibility index (Phi) is 6.07. The van der Waals surface area contributed by atoms with Crippen LogP contribution in [-0.2, 0) is 10.2 Å². The van der Waals surface area contributed by atoms with E-state index in [1.165, 1.54) is 12.1 Å². The maximum atomic E-state index is 14.8. The van der Waals surface area contributed by atoms with Crippen LogP contribution in [0.15, 0.2) is 48.5 Å². The van der Waals surface area contributed by atoms with Gasteiger partial charge in [0.2, 0.25) is 0 Å². The van der Waals surface area contributed by atoms with E-state index < -0.39 is 17.0 Å². The fraction of sp³-hybridized carbons (Fsp3) is 0.381. The summed E-state index contributed by atoms with van der Waals surface area (Å²) in [7, 11) is 3.79. The van der Waals surface area contributed by atoms with E-state index >= 15 is 0 Å². The Balaban J connectivity index is 2.82. The van der Waals surface area contributed by atoms with Gasteiger partial charge in [0.15, 0.2) is 0 Å². The molecule has 0 amide bonds. The molecule has 0 heterocycles. The normalized spacial score (nSPS) is 13.1. The van der Waals surface area contributed by atoms with Crippen LogP contribution in [-0.4, -0.2) is 30.8 Å². The summed E-state index contributed by atoms with van der Waals surface area (Å²) >= 11 is 0. The molecule has 1 atom stereocenters. The van der Waals surface area contributed by atoms with Crippen LogP contribution < -0.4 is 0 Å². The van der Waals surface area contributed by atoms with Gasteiger partial charge in [-0.15, -0.1) is 0 Å². The van der Waals surface area contributed by atoms with Gasteiger partial charge in [0.05, 0.1) is 5.41 Å². The summed E-state index contributed by atoms with van der Waals surface area (Å²) in [5.41, 5.74) is -0.879. The second-order valence-corrected chi connectivity index (χ2v) is 6.66. The predicted octanol–water partition coefficient (Wildman–Crippen LogP) is 4.57. The van der Waals surface area contributed by atoms with Crippen LogP contribution in [0.1, 0.15) is 37.8 Å². The molecule has 2 nitrogen and oxygen atoms in total. The zero-order chi connectivity index (χ0) is 18.6. The molecule has 0 aliphatic rings. The number of carbonyl (C=O) groups excluding carboxylic acids is 1. The van der Waals surface area contributed by atoms with Gasteiger partial charge in [0.25, 0.3) is 0 Å². The summed E-state index contributed by atoms with van der Waals surface area (Å²) in [5, 5.41) is 0. The predicted molar refractivity (Wildman–Crippen MR) is 96.6 cm³/mol. The van der Waals surface area contributed by atoms with Gasteiger partial charge in [-0.1, -0.05) is 43.3 Å². The molecular formula is C21H25F2NO. The fourth-order valence-electron chi connectivity index (χ4n) is 3.32. The first-order chi connectivity index (χ1) is 11.8. The number of Topliss-reactive ketones (excluding diaryl/α,β-unsaturated/α-hetero) is 1. The number of rotatable bonds is 7. The fourth-order valence-corrected chi connectivity index (χ4v) is 3.32. The summed E-state index contributed by atoms with van der Waals surface area (Å²) < 4.78 is 29.5. The molecule has 0 spiro atoms. The van der Waals surface area contributed by atoms with Gasteiger partial charge in [-0.3, -0.25) is 4.79 Å². The molecule has 2 rings (SSSR count). The van der Waals surface area contributed by atoms with Crippen molar-refractivity contribution in [3.8, 4) is 0 Å². The lowest BCUT2D eigenvalue weighted by molar-refractivity contribution is -0.123. The molecule has 0 bridgehead atoms. The molecule has 4 heteroatoms. The molecular weight excluding hydrogens is 320 g/mol. The van der Waals surface area contributed by atoms with E-state index in [1.54, 1.807) is 43.3 Å². The highest BCUT2D eigenvalue weighted by molar-refractivity contribution is 5.94. The number of carbonyl (C=O) groups is 1. The van der Waals surface area contributed by atoms with Crippen molar-refractivity contribution < 1.29 is 13.6 Å². The van der Waals surface area contributed by atoms with Crippen LogP contribution in [0, 0.1) is 11.6 Å². The Bertz CT molecular complexity index is 697. The second kappa shape index (κ2) is 7.87. The zero-order valence-electron chi connectivity index (χ0n) is 15.2. The van der Waals surface area contributed by atoms with Crippen LogP contribution in [0.4, 0.5) is 8.78 Å². The van der Waals surface area contributed by atoms with Crippen molar-refractivity contribution in [1.29, 1.82) is 0 Å². The Morgan fingerprint density at radius 3 is 1.80 bits per heavy atom. The average Bonchev–Trinajstić information content (AvgIpc) is 2.60. The first-order valence-electron chi connectivity index (χ1n) is 8.54. The first kappa shape index (κ1) is 19.3. The molecule has 0 radical (unpaired) electrons. The van der Waals surface area contributed by atoms with E-state index in [0.29, 0.717) is 6.42 Å².